The van der Waals surface area contributed by atoms with Crippen LogP contribution in [-0.2, 0) is 20.8 Å². The van der Waals surface area contributed by atoms with Crippen molar-refractivity contribution in [3.8, 4) is 5.75 Å². The quantitative estimate of drug-likeness (QED) is 0.256. The lowest BCUT2D eigenvalue weighted by Gasteiger charge is -2.32. The minimum atomic E-state index is -1.28. The molecular weight excluding hydrogens is 392 g/mol. The molecule has 1 aliphatic rings. The SMILES string of the molecule is CNC(C)C(=O)NC1C=C(C(=O)NC(Cc2ccc(O)cc2)C(N)=O)CC(O)C1O. The molecule has 164 valence electrons. The Kier molecular flexibility index (Phi) is 7.93. The molecule has 0 saturated heterocycles. The van der Waals surface area contributed by atoms with Crippen molar-refractivity contribution in [2.24, 2.45) is 5.73 Å². The van der Waals surface area contributed by atoms with E-state index in [2.05, 4.69) is 16.0 Å². The predicted molar refractivity (Wildman–Crippen MR) is 108 cm³/mol. The van der Waals surface area contributed by atoms with E-state index >= 15 is 0 Å². The highest BCUT2D eigenvalue weighted by Crippen LogP contribution is 2.20. The second kappa shape index (κ2) is 10.2. The Morgan fingerprint density at radius 3 is 2.40 bits per heavy atom. The van der Waals surface area contributed by atoms with Crippen molar-refractivity contribution in [1.82, 2.24) is 16.0 Å². The number of aliphatic hydroxyl groups excluding tert-OH is 2. The van der Waals surface area contributed by atoms with Crippen LogP contribution in [0.3, 0.4) is 0 Å². The molecule has 10 nitrogen and oxygen atoms in total. The number of aliphatic hydroxyl groups is 2. The van der Waals surface area contributed by atoms with Crippen LogP contribution in [0.4, 0.5) is 0 Å². The zero-order valence-electron chi connectivity index (χ0n) is 16.8. The largest absolute Gasteiger partial charge is 0.508 e. The zero-order chi connectivity index (χ0) is 22.4. The van der Waals surface area contributed by atoms with E-state index < -0.39 is 48.1 Å². The van der Waals surface area contributed by atoms with Gasteiger partial charge in [0.15, 0.2) is 0 Å². The zero-order valence-corrected chi connectivity index (χ0v) is 16.8. The smallest absolute Gasteiger partial charge is 0.247 e. The molecule has 1 aliphatic carbocycles. The third kappa shape index (κ3) is 6.02. The van der Waals surface area contributed by atoms with Gasteiger partial charge in [0.1, 0.15) is 17.9 Å². The monoisotopic (exact) mass is 420 g/mol. The van der Waals surface area contributed by atoms with Gasteiger partial charge in [-0.1, -0.05) is 18.2 Å². The van der Waals surface area contributed by atoms with Gasteiger partial charge in [-0.15, -0.1) is 0 Å². The number of phenolic OH excluding ortho intramolecular Hbond substituents is 1. The minimum absolute atomic E-state index is 0.0685. The van der Waals surface area contributed by atoms with Gasteiger partial charge in [0.05, 0.1) is 18.2 Å². The summed E-state index contributed by atoms with van der Waals surface area (Å²) in [5.74, 6) is -1.72. The van der Waals surface area contributed by atoms with Crippen LogP contribution >= 0.6 is 0 Å². The molecule has 2 rings (SSSR count). The van der Waals surface area contributed by atoms with Crippen molar-refractivity contribution in [1.29, 1.82) is 0 Å². The van der Waals surface area contributed by atoms with Crippen LogP contribution in [0.2, 0.25) is 0 Å². The first-order valence-corrected chi connectivity index (χ1v) is 9.55. The fourth-order valence-electron chi connectivity index (χ4n) is 3.03. The Balaban J connectivity index is 2.13. The van der Waals surface area contributed by atoms with Gasteiger partial charge in [0.25, 0.3) is 0 Å². The van der Waals surface area contributed by atoms with E-state index in [4.69, 9.17) is 5.73 Å². The number of phenols is 1. The predicted octanol–water partition coefficient (Wildman–Crippen LogP) is -1.95. The van der Waals surface area contributed by atoms with E-state index in [9.17, 15) is 29.7 Å². The van der Waals surface area contributed by atoms with Crippen LogP contribution in [0, 0.1) is 0 Å². The third-order valence-electron chi connectivity index (χ3n) is 5.02. The summed E-state index contributed by atoms with van der Waals surface area (Å²) >= 11 is 0. The summed E-state index contributed by atoms with van der Waals surface area (Å²) in [7, 11) is 1.60. The number of rotatable bonds is 8. The first-order valence-electron chi connectivity index (χ1n) is 9.55. The third-order valence-corrected chi connectivity index (χ3v) is 5.02. The molecule has 1 aromatic rings. The Morgan fingerprint density at radius 2 is 1.83 bits per heavy atom. The summed E-state index contributed by atoms with van der Waals surface area (Å²) in [5.41, 5.74) is 6.20. The van der Waals surface area contributed by atoms with Crippen molar-refractivity contribution in [2.75, 3.05) is 7.05 Å². The summed E-state index contributed by atoms with van der Waals surface area (Å²) in [4.78, 5) is 36.6. The highest BCUT2D eigenvalue weighted by Gasteiger charge is 2.35. The lowest BCUT2D eigenvalue weighted by Crippen LogP contribution is -2.54. The van der Waals surface area contributed by atoms with Gasteiger partial charge >= 0.3 is 0 Å². The fourth-order valence-corrected chi connectivity index (χ4v) is 3.03. The molecule has 0 spiro atoms. The number of hydrogen-bond donors (Lipinski definition) is 7. The van der Waals surface area contributed by atoms with Crippen LogP contribution in [0.1, 0.15) is 18.9 Å². The maximum Gasteiger partial charge on any atom is 0.247 e. The van der Waals surface area contributed by atoms with Crippen LogP contribution < -0.4 is 21.7 Å². The van der Waals surface area contributed by atoms with Gasteiger partial charge in [-0.25, -0.2) is 0 Å². The molecule has 0 aliphatic heterocycles. The Hall–Kier alpha value is -2.95. The highest BCUT2D eigenvalue weighted by atomic mass is 16.3. The van der Waals surface area contributed by atoms with Crippen molar-refractivity contribution in [2.45, 2.75) is 50.1 Å². The van der Waals surface area contributed by atoms with E-state index in [-0.39, 0.29) is 24.2 Å². The number of nitrogens with two attached hydrogens (primary N) is 1. The molecule has 0 fully saturated rings. The molecule has 0 heterocycles. The summed E-state index contributed by atoms with van der Waals surface area (Å²) in [6, 6.07) is 3.59. The van der Waals surface area contributed by atoms with Crippen LogP contribution in [-0.4, -0.2) is 70.4 Å². The van der Waals surface area contributed by atoms with E-state index in [1.807, 2.05) is 0 Å². The molecular formula is C20H28N4O6. The van der Waals surface area contributed by atoms with Gasteiger partial charge in [-0.2, -0.15) is 0 Å². The Labute approximate surface area is 174 Å². The van der Waals surface area contributed by atoms with E-state index in [0.29, 0.717) is 5.56 Å². The molecule has 0 bridgehead atoms. The normalized spacial score (nSPS) is 23.1. The molecule has 0 saturated carbocycles. The summed E-state index contributed by atoms with van der Waals surface area (Å²) in [6.07, 6.45) is -1.22. The Bertz CT molecular complexity index is 810. The molecule has 1 aromatic carbocycles. The average Bonchev–Trinajstić information content (AvgIpc) is 2.71. The lowest BCUT2D eigenvalue weighted by atomic mass is 9.89. The van der Waals surface area contributed by atoms with Crippen LogP contribution in [0.15, 0.2) is 35.9 Å². The van der Waals surface area contributed by atoms with Gasteiger partial charge in [-0.3, -0.25) is 14.4 Å². The first kappa shape index (κ1) is 23.3. The number of amides is 3. The van der Waals surface area contributed by atoms with Crippen LogP contribution in [0.5, 0.6) is 5.75 Å². The molecule has 30 heavy (non-hydrogen) atoms. The molecule has 10 heteroatoms. The second-order valence-corrected chi connectivity index (χ2v) is 7.30. The topological polar surface area (TPSA) is 174 Å². The van der Waals surface area contributed by atoms with E-state index in [0.717, 1.165) is 0 Å². The van der Waals surface area contributed by atoms with E-state index in [1.54, 1.807) is 26.1 Å². The number of carbonyl (C=O) groups excluding carboxylic acids is 3. The number of nitrogens with one attached hydrogen (secondary N) is 3. The number of primary amides is 1. The maximum atomic E-state index is 12.7. The van der Waals surface area contributed by atoms with Crippen molar-refractivity contribution < 1.29 is 29.7 Å². The van der Waals surface area contributed by atoms with Crippen molar-refractivity contribution in [3.05, 3.63) is 41.5 Å². The van der Waals surface area contributed by atoms with Gasteiger partial charge in [-0.05, 0) is 31.7 Å². The summed E-state index contributed by atoms with van der Waals surface area (Å²) in [6.45, 7) is 1.62. The second-order valence-electron chi connectivity index (χ2n) is 7.30. The number of carbonyl (C=O) groups is 3. The summed E-state index contributed by atoms with van der Waals surface area (Å²) in [5, 5.41) is 37.5. The number of likely N-dealkylation sites (N-methyl/N-ethyl adjacent to an activating group) is 1. The highest BCUT2D eigenvalue weighted by molar-refractivity contribution is 5.97. The van der Waals surface area contributed by atoms with Gasteiger partial charge < -0.3 is 37.0 Å². The lowest BCUT2D eigenvalue weighted by molar-refractivity contribution is -0.126. The van der Waals surface area contributed by atoms with Crippen LogP contribution in [0.25, 0.3) is 0 Å². The molecule has 8 N–H and O–H groups in total. The van der Waals surface area contributed by atoms with Gasteiger partial charge in [0.2, 0.25) is 17.7 Å². The van der Waals surface area contributed by atoms with Crippen molar-refractivity contribution in [3.63, 3.8) is 0 Å². The minimum Gasteiger partial charge on any atom is -0.508 e. The summed E-state index contributed by atoms with van der Waals surface area (Å²) < 4.78 is 0. The first-order chi connectivity index (χ1) is 14.1. The van der Waals surface area contributed by atoms with Gasteiger partial charge in [0, 0.05) is 18.4 Å². The molecule has 3 amide bonds. The standard InChI is InChI=1S/C20H28N4O6/c1-10(22-2)19(29)23-14-8-12(9-16(26)17(14)27)20(30)24-15(18(21)28)7-11-3-5-13(25)6-4-11/h3-6,8,10,14-17,22,25-27H,7,9H2,1-2H3,(H2,21,28)(H,23,29)(H,24,30). The molecule has 0 aromatic heterocycles. The molecule has 0 radical (unpaired) electrons. The average molecular weight is 420 g/mol. The maximum absolute atomic E-state index is 12.7. The molecule has 5 atom stereocenters. The fraction of sp³-hybridized carbons (Fsp3) is 0.450. The number of hydrogen-bond acceptors (Lipinski definition) is 7. The number of benzene rings is 1. The van der Waals surface area contributed by atoms with Crippen molar-refractivity contribution >= 4 is 17.7 Å². The molecule has 5 unspecified atom stereocenters. The number of aromatic hydroxyl groups is 1. The Morgan fingerprint density at radius 1 is 1.20 bits per heavy atom. The van der Waals surface area contributed by atoms with E-state index in [1.165, 1.54) is 18.2 Å².